The number of amides is 1. The van der Waals surface area contributed by atoms with Crippen LogP contribution in [0.5, 0.6) is 5.75 Å². The fourth-order valence-corrected chi connectivity index (χ4v) is 3.81. The molecule has 3 rings (SSSR count). The Kier molecular flexibility index (Phi) is 8.06. The van der Waals surface area contributed by atoms with Gasteiger partial charge >= 0.3 is 17.9 Å². The summed E-state index contributed by atoms with van der Waals surface area (Å²) in [6.07, 6.45) is -4.57. The second-order valence-corrected chi connectivity index (χ2v) is 7.82. The summed E-state index contributed by atoms with van der Waals surface area (Å²) in [6.45, 7) is 4.57. The van der Waals surface area contributed by atoms with Gasteiger partial charge in [0, 0.05) is 33.1 Å². The van der Waals surface area contributed by atoms with Gasteiger partial charge in [0.2, 0.25) is 12.2 Å². The molecule has 1 amide bonds. The molecular formula is C24H27NO9. The van der Waals surface area contributed by atoms with Crippen molar-refractivity contribution in [1.82, 2.24) is 5.32 Å². The molecule has 1 fully saturated rings. The van der Waals surface area contributed by atoms with Crippen molar-refractivity contribution >= 4 is 34.6 Å². The third-order valence-electron chi connectivity index (χ3n) is 5.06. The average molecular weight is 473 g/mol. The number of hydrogen-bond acceptors (Lipinski definition) is 9. The maximum Gasteiger partial charge on any atom is 0.303 e. The van der Waals surface area contributed by atoms with Crippen molar-refractivity contribution in [2.75, 3.05) is 6.61 Å². The Bertz CT molecular complexity index is 1060. The largest absolute Gasteiger partial charge is 0.463 e. The lowest BCUT2D eigenvalue weighted by molar-refractivity contribution is -0.256. The van der Waals surface area contributed by atoms with Crippen LogP contribution in [0, 0.1) is 0 Å². The number of hydrogen-bond donors (Lipinski definition) is 1. The normalized spacial score (nSPS) is 24.1. The van der Waals surface area contributed by atoms with Crippen LogP contribution >= 0.6 is 0 Å². The van der Waals surface area contributed by atoms with Crippen molar-refractivity contribution < 1.29 is 42.9 Å². The summed E-state index contributed by atoms with van der Waals surface area (Å²) in [7, 11) is 0. The quantitative estimate of drug-likeness (QED) is 0.474. The molecule has 1 heterocycles. The van der Waals surface area contributed by atoms with Gasteiger partial charge in [-0.2, -0.15) is 0 Å². The molecule has 2 aromatic rings. The highest BCUT2D eigenvalue weighted by molar-refractivity contribution is 5.88. The predicted octanol–water partition coefficient (Wildman–Crippen LogP) is 1.87. The summed E-state index contributed by atoms with van der Waals surface area (Å²) in [6, 6.07) is 11.9. The lowest BCUT2D eigenvalue weighted by Crippen LogP contribution is -2.67. The molecule has 0 spiro atoms. The second kappa shape index (κ2) is 11.0. The van der Waals surface area contributed by atoms with Crippen LogP contribution < -0.4 is 10.1 Å². The van der Waals surface area contributed by atoms with E-state index in [1.54, 1.807) is 12.1 Å². The van der Waals surface area contributed by atoms with Crippen molar-refractivity contribution in [2.24, 2.45) is 0 Å². The van der Waals surface area contributed by atoms with Crippen molar-refractivity contribution in [1.29, 1.82) is 0 Å². The standard InChI is InChI=1S/C24H27NO9/c1-13(26)25-21-23(32-16(4)29)22(31-15(3)28)20(12-30-14(2)27)34-24(21)33-19-11-7-9-17-8-5-6-10-18(17)19/h5-11,20-24H,12H2,1-4H3,(H,25,26)/t20-,21-,22-,23-,24-/m0/s1. The zero-order valence-corrected chi connectivity index (χ0v) is 19.3. The van der Waals surface area contributed by atoms with E-state index in [4.69, 9.17) is 23.7 Å². The summed E-state index contributed by atoms with van der Waals surface area (Å²) >= 11 is 0. The van der Waals surface area contributed by atoms with Crippen molar-refractivity contribution in [2.45, 2.75) is 58.3 Å². The van der Waals surface area contributed by atoms with Crippen molar-refractivity contribution in [3.63, 3.8) is 0 Å². The Morgan fingerprint density at radius 3 is 2.15 bits per heavy atom. The van der Waals surface area contributed by atoms with Gasteiger partial charge in [-0.3, -0.25) is 19.2 Å². The number of esters is 3. The van der Waals surface area contributed by atoms with E-state index < -0.39 is 54.5 Å². The summed E-state index contributed by atoms with van der Waals surface area (Å²) in [5.74, 6) is -1.91. The van der Waals surface area contributed by atoms with Gasteiger partial charge in [0.05, 0.1) is 0 Å². The van der Waals surface area contributed by atoms with Gasteiger partial charge in [0.1, 0.15) is 24.5 Å². The maximum atomic E-state index is 12.0. The highest BCUT2D eigenvalue weighted by atomic mass is 16.7. The number of nitrogens with one attached hydrogen (secondary N) is 1. The average Bonchev–Trinajstić information content (AvgIpc) is 2.75. The van der Waals surface area contributed by atoms with Gasteiger partial charge < -0.3 is 29.0 Å². The Hall–Kier alpha value is -3.66. The lowest BCUT2D eigenvalue weighted by Gasteiger charge is -2.44. The number of ether oxygens (including phenoxy) is 5. The van der Waals surface area contributed by atoms with E-state index in [1.807, 2.05) is 30.3 Å². The fourth-order valence-electron chi connectivity index (χ4n) is 3.81. The van der Waals surface area contributed by atoms with Crippen LogP contribution in [0.4, 0.5) is 0 Å². The molecule has 10 heteroatoms. The zero-order chi connectivity index (χ0) is 24.8. The van der Waals surface area contributed by atoms with Gasteiger partial charge in [-0.05, 0) is 11.5 Å². The minimum Gasteiger partial charge on any atom is -0.463 e. The third kappa shape index (κ3) is 6.22. The molecule has 0 radical (unpaired) electrons. The molecule has 0 aliphatic carbocycles. The highest BCUT2D eigenvalue weighted by Crippen LogP contribution is 2.32. The Morgan fingerprint density at radius 1 is 0.853 bits per heavy atom. The molecule has 1 saturated heterocycles. The number of carbonyl (C=O) groups is 4. The van der Waals surface area contributed by atoms with Crippen LogP contribution in [0.1, 0.15) is 27.7 Å². The van der Waals surface area contributed by atoms with Crippen LogP contribution in [0.3, 0.4) is 0 Å². The molecule has 34 heavy (non-hydrogen) atoms. The molecule has 182 valence electrons. The minimum absolute atomic E-state index is 0.298. The number of fused-ring (bicyclic) bond motifs is 1. The zero-order valence-electron chi connectivity index (χ0n) is 19.3. The molecule has 10 nitrogen and oxygen atoms in total. The molecule has 2 aromatic carbocycles. The predicted molar refractivity (Wildman–Crippen MR) is 119 cm³/mol. The first-order valence-electron chi connectivity index (χ1n) is 10.7. The first-order valence-corrected chi connectivity index (χ1v) is 10.7. The molecule has 1 aliphatic heterocycles. The summed E-state index contributed by atoms with van der Waals surface area (Å²) in [4.78, 5) is 47.3. The smallest absolute Gasteiger partial charge is 0.303 e. The van der Waals surface area contributed by atoms with Crippen LogP contribution in [-0.2, 0) is 38.1 Å². The molecular weight excluding hydrogens is 446 g/mol. The highest BCUT2D eigenvalue weighted by Gasteiger charge is 2.52. The molecule has 0 bridgehead atoms. The fraction of sp³-hybridized carbons (Fsp3) is 0.417. The van der Waals surface area contributed by atoms with Crippen LogP contribution in [0.25, 0.3) is 10.8 Å². The lowest BCUT2D eigenvalue weighted by atomic mass is 9.96. The first-order chi connectivity index (χ1) is 16.2. The van der Waals surface area contributed by atoms with Crippen LogP contribution in [0.15, 0.2) is 42.5 Å². The number of carbonyl (C=O) groups excluding carboxylic acids is 4. The molecule has 5 atom stereocenters. The van der Waals surface area contributed by atoms with E-state index in [-0.39, 0.29) is 6.61 Å². The van der Waals surface area contributed by atoms with Gasteiger partial charge in [-0.15, -0.1) is 0 Å². The topological polar surface area (TPSA) is 126 Å². The Morgan fingerprint density at radius 2 is 1.50 bits per heavy atom. The maximum absolute atomic E-state index is 12.0. The monoisotopic (exact) mass is 473 g/mol. The van der Waals surface area contributed by atoms with E-state index in [2.05, 4.69) is 5.32 Å². The molecule has 0 aromatic heterocycles. The second-order valence-electron chi connectivity index (χ2n) is 7.82. The van der Waals surface area contributed by atoms with E-state index >= 15 is 0 Å². The first kappa shape index (κ1) is 25.0. The van der Waals surface area contributed by atoms with E-state index in [1.165, 1.54) is 27.7 Å². The van der Waals surface area contributed by atoms with Crippen molar-refractivity contribution in [3.8, 4) is 5.75 Å². The molecule has 0 saturated carbocycles. The van der Waals surface area contributed by atoms with Gasteiger partial charge in [0.25, 0.3) is 0 Å². The summed E-state index contributed by atoms with van der Waals surface area (Å²) in [5.41, 5.74) is 0. The molecule has 1 aliphatic rings. The van der Waals surface area contributed by atoms with Crippen molar-refractivity contribution in [3.05, 3.63) is 42.5 Å². The summed E-state index contributed by atoms with van der Waals surface area (Å²) in [5, 5.41) is 4.38. The van der Waals surface area contributed by atoms with Crippen LogP contribution in [-0.4, -0.2) is 61.1 Å². The van der Waals surface area contributed by atoms with Gasteiger partial charge in [-0.1, -0.05) is 36.4 Å². The van der Waals surface area contributed by atoms with E-state index in [0.29, 0.717) is 5.75 Å². The Balaban J connectivity index is 2.03. The number of rotatable bonds is 7. The number of benzene rings is 2. The van der Waals surface area contributed by atoms with Gasteiger partial charge in [-0.25, -0.2) is 0 Å². The minimum atomic E-state index is -1.18. The van der Waals surface area contributed by atoms with E-state index in [0.717, 1.165) is 10.8 Å². The SMILES string of the molecule is CC(=O)N[C@@H]1[C@@H](Oc2cccc3ccccc23)O[C@@H](COC(C)=O)[C@H](OC(C)=O)[C@H]1OC(C)=O. The third-order valence-corrected chi connectivity index (χ3v) is 5.06. The van der Waals surface area contributed by atoms with Crippen LogP contribution in [0.2, 0.25) is 0 Å². The van der Waals surface area contributed by atoms with Gasteiger partial charge in [0.15, 0.2) is 12.2 Å². The van der Waals surface area contributed by atoms with E-state index in [9.17, 15) is 19.2 Å². The summed E-state index contributed by atoms with van der Waals surface area (Å²) < 4.78 is 28.2. The molecule has 0 unspecified atom stereocenters. The molecule has 1 N–H and O–H groups in total. The Labute approximate surface area is 196 Å².